The van der Waals surface area contributed by atoms with Gasteiger partial charge in [-0.2, -0.15) is 0 Å². The Balaban J connectivity index is 2.70. The Morgan fingerprint density at radius 3 is 2.66 bits per heavy atom. The van der Waals surface area contributed by atoms with E-state index in [0.717, 1.165) is 5.56 Å². The van der Waals surface area contributed by atoms with Crippen molar-refractivity contribution < 1.29 is 18.3 Å². The molecular weight excluding hydrogens is 400 g/mol. The first-order valence-corrected chi connectivity index (χ1v) is 9.05. The van der Waals surface area contributed by atoms with E-state index in [1.165, 1.54) is 31.8 Å². The number of rotatable bonds is 9. The number of halogens is 3. The van der Waals surface area contributed by atoms with E-state index in [-0.39, 0.29) is 22.9 Å². The Labute approximate surface area is 174 Å². The Morgan fingerprint density at radius 2 is 2.07 bits per heavy atom. The average molecular weight is 424 g/mol. The van der Waals surface area contributed by atoms with Crippen molar-refractivity contribution in [2.75, 3.05) is 7.11 Å². The van der Waals surface area contributed by atoms with Gasteiger partial charge in [0.1, 0.15) is 12.1 Å². The number of aryl methyl sites for hydroxylation is 1. The fourth-order valence-corrected chi connectivity index (χ4v) is 2.40. The fourth-order valence-electron chi connectivity index (χ4n) is 2.23. The average Bonchev–Trinajstić information content (AvgIpc) is 2.70. The highest BCUT2D eigenvalue weighted by Crippen LogP contribution is 2.13. The Kier molecular flexibility index (Phi) is 10.4. The SMILES string of the molecule is C\C=C(N/C=C(/OC)C(=O)NC=NCc1ccc(F)c(C)c1)/C(C)=C\C(Cl)=C\F. The van der Waals surface area contributed by atoms with Gasteiger partial charge in [0.2, 0.25) is 0 Å². The molecule has 0 aromatic heterocycles. The summed E-state index contributed by atoms with van der Waals surface area (Å²) in [5, 5.41) is 5.35. The molecule has 0 saturated heterocycles. The predicted octanol–water partition coefficient (Wildman–Crippen LogP) is 4.76. The maximum Gasteiger partial charge on any atom is 0.292 e. The second-order valence-electron chi connectivity index (χ2n) is 5.91. The summed E-state index contributed by atoms with van der Waals surface area (Å²) in [6, 6.07) is 4.70. The quantitative estimate of drug-likeness (QED) is 0.198. The standard InChI is InChI=1S/C21H24ClF2N3O2/c1-5-19(15(3)9-17(22)10-23)26-12-20(29-4)21(28)27-13-25-11-16-6-7-18(24)14(2)8-16/h5-10,12-13,26H,11H2,1-4H3,(H,25,27,28)/b15-9-,17-10-,19-5+,20-12+. The molecule has 1 aromatic rings. The van der Waals surface area contributed by atoms with Crippen LogP contribution in [0, 0.1) is 12.7 Å². The lowest BCUT2D eigenvalue weighted by Crippen LogP contribution is -2.25. The summed E-state index contributed by atoms with van der Waals surface area (Å²) in [7, 11) is 1.35. The lowest BCUT2D eigenvalue weighted by molar-refractivity contribution is -0.119. The van der Waals surface area contributed by atoms with Crippen LogP contribution in [-0.2, 0) is 16.1 Å². The zero-order valence-electron chi connectivity index (χ0n) is 16.7. The molecule has 0 aliphatic heterocycles. The number of benzene rings is 1. The van der Waals surface area contributed by atoms with Crippen LogP contribution in [0.3, 0.4) is 0 Å². The number of nitrogens with zero attached hydrogens (tertiary/aromatic N) is 1. The number of hydrogen-bond donors (Lipinski definition) is 2. The van der Waals surface area contributed by atoms with E-state index in [4.69, 9.17) is 16.3 Å². The van der Waals surface area contributed by atoms with Gasteiger partial charge in [0, 0.05) is 11.9 Å². The molecule has 1 aromatic carbocycles. The molecule has 156 valence electrons. The van der Waals surface area contributed by atoms with Gasteiger partial charge in [0.15, 0.2) is 5.76 Å². The number of aliphatic imine (C=N–C) groups is 1. The molecule has 0 heterocycles. The van der Waals surface area contributed by atoms with Crippen molar-refractivity contribution in [2.24, 2.45) is 4.99 Å². The molecule has 1 rings (SSSR count). The van der Waals surface area contributed by atoms with E-state index < -0.39 is 5.91 Å². The molecule has 1 amide bonds. The number of amides is 1. The van der Waals surface area contributed by atoms with Crippen molar-refractivity contribution in [2.45, 2.75) is 27.3 Å². The first-order valence-electron chi connectivity index (χ1n) is 8.68. The van der Waals surface area contributed by atoms with E-state index in [1.807, 2.05) is 0 Å². The van der Waals surface area contributed by atoms with Crippen LogP contribution < -0.4 is 10.6 Å². The van der Waals surface area contributed by atoms with Crippen LogP contribution in [0.25, 0.3) is 0 Å². The van der Waals surface area contributed by atoms with Gasteiger partial charge in [0.05, 0.1) is 25.0 Å². The molecule has 0 aliphatic carbocycles. The lowest BCUT2D eigenvalue weighted by Gasteiger charge is -2.10. The lowest BCUT2D eigenvalue weighted by atomic mass is 10.1. The fraction of sp³-hybridized carbons (Fsp3) is 0.238. The van der Waals surface area contributed by atoms with E-state index in [2.05, 4.69) is 15.6 Å². The third kappa shape index (κ3) is 8.31. The first-order chi connectivity index (χ1) is 13.8. The molecule has 2 N–H and O–H groups in total. The molecule has 0 atom stereocenters. The van der Waals surface area contributed by atoms with Gasteiger partial charge in [-0.3, -0.25) is 9.79 Å². The second kappa shape index (κ2) is 12.5. The number of allylic oxidation sites excluding steroid dienone is 4. The minimum atomic E-state index is -0.516. The first kappa shape index (κ1) is 24.1. The van der Waals surface area contributed by atoms with Crippen LogP contribution in [0.2, 0.25) is 0 Å². The maximum atomic E-state index is 13.3. The van der Waals surface area contributed by atoms with Gasteiger partial charge in [-0.1, -0.05) is 29.8 Å². The van der Waals surface area contributed by atoms with Gasteiger partial charge >= 0.3 is 0 Å². The Bertz CT molecular complexity index is 875. The summed E-state index contributed by atoms with van der Waals surface area (Å²) in [5.74, 6) is -0.784. The smallest absolute Gasteiger partial charge is 0.292 e. The summed E-state index contributed by atoms with van der Waals surface area (Å²) >= 11 is 5.65. The normalized spacial score (nSPS) is 13.6. The van der Waals surface area contributed by atoms with Gasteiger partial charge in [-0.25, -0.2) is 8.78 Å². The van der Waals surface area contributed by atoms with Crippen LogP contribution in [0.5, 0.6) is 0 Å². The third-order valence-corrected chi connectivity index (χ3v) is 3.95. The third-order valence-electron chi connectivity index (χ3n) is 3.76. The van der Waals surface area contributed by atoms with Crippen molar-refractivity contribution in [3.63, 3.8) is 0 Å². The molecular formula is C21H24ClF2N3O2. The molecule has 29 heavy (non-hydrogen) atoms. The van der Waals surface area contributed by atoms with Crippen molar-refractivity contribution >= 4 is 23.8 Å². The largest absolute Gasteiger partial charge is 0.490 e. The number of hydrogen-bond acceptors (Lipinski definition) is 4. The van der Waals surface area contributed by atoms with E-state index in [1.54, 1.807) is 39.0 Å². The van der Waals surface area contributed by atoms with Crippen LogP contribution in [-0.4, -0.2) is 19.4 Å². The highest BCUT2D eigenvalue weighted by molar-refractivity contribution is 6.31. The number of nitrogens with one attached hydrogen (secondary N) is 2. The van der Waals surface area contributed by atoms with Gasteiger partial charge < -0.3 is 15.4 Å². The van der Waals surface area contributed by atoms with Crippen molar-refractivity contribution in [3.8, 4) is 0 Å². The van der Waals surface area contributed by atoms with Gasteiger partial charge in [-0.05, 0) is 49.6 Å². The minimum Gasteiger partial charge on any atom is -0.490 e. The van der Waals surface area contributed by atoms with Gasteiger partial charge in [0.25, 0.3) is 5.91 Å². The molecule has 0 aliphatic rings. The summed E-state index contributed by atoms with van der Waals surface area (Å²) in [6.07, 6.45) is 6.08. The van der Waals surface area contributed by atoms with E-state index in [0.29, 0.717) is 23.4 Å². The highest BCUT2D eigenvalue weighted by atomic mass is 35.5. The van der Waals surface area contributed by atoms with Crippen LogP contribution in [0.1, 0.15) is 25.0 Å². The molecule has 0 unspecified atom stereocenters. The summed E-state index contributed by atoms with van der Waals surface area (Å²) in [4.78, 5) is 16.3. The maximum absolute atomic E-state index is 13.3. The molecule has 5 nitrogen and oxygen atoms in total. The van der Waals surface area contributed by atoms with E-state index >= 15 is 0 Å². The van der Waals surface area contributed by atoms with Crippen LogP contribution in [0.15, 0.2) is 69.9 Å². The Morgan fingerprint density at radius 1 is 1.34 bits per heavy atom. The number of ether oxygens (including phenoxy) is 1. The second-order valence-corrected chi connectivity index (χ2v) is 6.34. The van der Waals surface area contributed by atoms with Gasteiger partial charge in [-0.15, -0.1) is 0 Å². The summed E-state index contributed by atoms with van der Waals surface area (Å²) in [5.41, 5.74) is 2.63. The molecule has 0 spiro atoms. The topological polar surface area (TPSA) is 62.7 Å². The molecule has 0 saturated carbocycles. The van der Waals surface area contributed by atoms with E-state index in [9.17, 15) is 13.6 Å². The number of methoxy groups -OCH3 is 1. The molecule has 8 heteroatoms. The van der Waals surface area contributed by atoms with Crippen LogP contribution >= 0.6 is 11.6 Å². The molecule has 0 radical (unpaired) electrons. The van der Waals surface area contributed by atoms with Crippen molar-refractivity contribution in [3.05, 3.63) is 81.9 Å². The van der Waals surface area contributed by atoms with Crippen LogP contribution in [0.4, 0.5) is 8.78 Å². The highest BCUT2D eigenvalue weighted by Gasteiger charge is 2.09. The van der Waals surface area contributed by atoms with Crippen molar-refractivity contribution in [1.29, 1.82) is 0 Å². The number of carbonyl (C=O) groups excluding carboxylic acids is 1. The zero-order chi connectivity index (χ0) is 21.8. The minimum absolute atomic E-state index is 0.00774. The zero-order valence-corrected chi connectivity index (χ0v) is 17.5. The predicted molar refractivity (Wildman–Crippen MR) is 112 cm³/mol. The number of carbonyl (C=O) groups is 1. The molecule has 0 bridgehead atoms. The molecule has 0 fully saturated rings. The summed E-state index contributed by atoms with van der Waals surface area (Å²) < 4.78 is 30.7. The monoisotopic (exact) mass is 423 g/mol. The Hall–Kier alpha value is -2.93. The summed E-state index contributed by atoms with van der Waals surface area (Å²) in [6.45, 7) is 5.47. The van der Waals surface area contributed by atoms with Crippen molar-refractivity contribution in [1.82, 2.24) is 10.6 Å².